The molecule has 1 aromatic carbocycles. The van der Waals surface area contributed by atoms with Crippen LogP contribution in [0.2, 0.25) is 0 Å². The lowest BCUT2D eigenvalue weighted by molar-refractivity contribution is -0.129. The molecule has 1 saturated heterocycles. The smallest absolute Gasteiger partial charge is 0.244 e. The van der Waals surface area contributed by atoms with Gasteiger partial charge in [-0.2, -0.15) is 16.1 Å². The number of benzene rings is 1. The third-order valence-corrected chi connectivity index (χ3v) is 6.76. The number of piperazine rings is 1. The molecule has 0 aromatic heterocycles. The van der Waals surface area contributed by atoms with E-state index < -0.39 is 10.0 Å². The van der Waals surface area contributed by atoms with Crippen LogP contribution in [0.4, 0.5) is 0 Å². The first-order valence-electron chi connectivity index (χ1n) is 6.48. The van der Waals surface area contributed by atoms with E-state index in [4.69, 9.17) is 0 Å². The van der Waals surface area contributed by atoms with Crippen LogP contribution in [0.1, 0.15) is 0 Å². The molecule has 1 amide bonds. The fourth-order valence-corrected chi connectivity index (χ4v) is 5.00. The molecule has 1 aliphatic heterocycles. The topological polar surface area (TPSA) is 57.7 Å². The van der Waals surface area contributed by atoms with Gasteiger partial charge in [-0.1, -0.05) is 12.1 Å². The van der Waals surface area contributed by atoms with Gasteiger partial charge in [-0.3, -0.25) is 4.79 Å². The summed E-state index contributed by atoms with van der Waals surface area (Å²) in [6.45, 7) is 1.57. The molecule has 0 aliphatic carbocycles. The highest BCUT2D eigenvalue weighted by Gasteiger charge is 2.30. The van der Waals surface area contributed by atoms with Crippen molar-refractivity contribution in [1.29, 1.82) is 0 Å². The van der Waals surface area contributed by atoms with Gasteiger partial charge < -0.3 is 4.90 Å². The number of carbonyl (C=O) groups excluding carboxylic acids is 1. The van der Waals surface area contributed by atoms with Crippen molar-refractivity contribution < 1.29 is 13.2 Å². The summed E-state index contributed by atoms with van der Waals surface area (Å²) >= 11 is 4.76. The number of hydrogen-bond acceptors (Lipinski definition) is 4. The Kier molecular flexibility index (Phi) is 5.70. The molecule has 21 heavy (non-hydrogen) atoms. The van der Waals surface area contributed by atoms with Gasteiger partial charge in [0.05, 0.1) is 10.6 Å². The molecule has 1 heterocycles. The number of amides is 1. The second-order valence-corrected chi connectivity index (χ2v) is 8.28. The zero-order valence-electron chi connectivity index (χ0n) is 11.7. The van der Waals surface area contributed by atoms with Crippen molar-refractivity contribution in [3.8, 4) is 0 Å². The van der Waals surface area contributed by atoms with E-state index in [1.165, 1.54) is 16.1 Å². The van der Waals surface area contributed by atoms with Crippen LogP contribution in [0.15, 0.2) is 33.6 Å². The predicted octanol–water partition coefficient (Wildman–Crippen LogP) is 1.65. The van der Waals surface area contributed by atoms with E-state index in [0.29, 0.717) is 36.4 Å². The maximum atomic E-state index is 12.6. The maximum absolute atomic E-state index is 12.6. The van der Waals surface area contributed by atoms with Crippen molar-refractivity contribution in [1.82, 2.24) is 9.21 Å². The van der Waals surface area contributed by atoms with Crippen LogP contribution in [0.25, 0.3) is 0 Å². The highest BCUT2D eigenvalue weighted by atomic mass is 79.9. The van der Waals surface area contributed by atoms with Gasteiger partial charge in [0.25, 0.3) is 0 Å². The summed E-state index contributed by atoms with van der Waals surface area (Å²) in [5.41, 5.74) is 0. The molecule has 0 bridgehead atoms. The van der Waals surface area contributed by atoms with Crippen molar-refractivity contribution in [2.24, 2.45) is 0 Å². The van der Waals surface area contributed by atoms with Crippen molar-refractivity contribution in [2.45, 2.75) is 4.90 Å². The molecule has 116 valence electrons. The molecule has 0 atom stereocenters. The zero-order chi connectivity index (χ0) is 15.5. The van der Waals surface area contributed by atoms with Crippen LogP contribution in [0.5, 0.6) is 0 Å². The largest absolute Gasteiger partial charge is 0.339 e. The summed E-state index contributed by atoms with van der Waals surface area (Å²) in [5, 5.41) is 0. The second kappa shape index (κ2) is 7.13. The van der Waals surface area contributed by atoms with Crippen molar-refractivity contribution >= 4 is 43.6 Å². The molecule has 0 saturated carbocycles. The van der Waals surface area contributed by atoms with Gasteiger partial charge in [0.2, 0.25) is 15.9 Å². The summed E-state index contributed by atoms with van der Waals surface area (Å²) in [5.74, 6) is 0.511. The lowest BCUT2D eigenvalue weighted by Crippen LogP contribution is -2.51. The fourth-order valence-electron chi connectivity index (χ4n) is 2.19. The van der Waals surface area contributed by atoms with E-state index in [2.05, 4.69) is 15.9 Å². The Hall–Kier alpha value is -0.570. The Morgan fingerprint density at radius 2 is 1.86 bits per heavy atom. The molecule has 1 aliphatic rings. The lowest BCUT2D eigenvalue weighted by Gasteiger charge is -2.34. The van der Waals surface area contributed by atoms with E-state index >= 15 is 0 Å². The van der Waals surface area contributed by atoms with Gasteiger partial charge >= 0.3 is 0 Å². The van der Waals surface area contributed by atoms with Gasteiger partial charge in [0.15, 0.2) is 0 Å². The molecule has 0 N–H and O–H groups in total. The highest BCUT2D eigenvalue weighted by molar-refractivity contribution is 9.10. The quantitative estimate of drug-likeness (QED) is 0.781. The summed E-state index contributed by atoms with van der Waals surface area (Å²) in [7, 11) is -3.51. The Morgan fingerprint density at radius 1 is 1.24 bits per heavy atom. The van der Waals surface area contributed by atoms with E-state index in [9.17, 15) is 13.2 Å². The minimum atomic E-state index is -3.51. The Morgan fingerprint density at radius 3 is 2.43 bits per heavy atom. The average Bonchev–Trinajstić information content (AvgIpc) is 2.48. The van der Waals surface area contributed by atoms with E-state index in [-0.39, 0.29) is 10.8 Å². The number of thioether (sulfide) groups is 1. The van der Waals surface area contributed by atoms with Crippen molar-refractivity contribution in [3.63, 3.8) is 0 Å². The van der Waals surface area contributed by atoms with Gasteiger partial charge in [-0.25, -0.2) is 8.42 Å². The second-order valence-electron chi connectivity index (χ2n) is 4.65. The lowest BCUT2D eigenvalue weighted by atomic mass is 10.3. The summed E-state index contributed by atoms with van der Waals surface area (Å²) in [6.07, 6.45) is 1.88. The molecule has 8 heteroatoms. The summed E-state index contributed by atoms with van der Waals surface area (Å²) < 4.78 is 27.2. The SMILES string of the molecule is CSCC(=O)N1CCN(S(=O)(=O)c2ccccc2Br)CC1. The van der Waals surface area contributed by atoms with E-state index in [1.807, 2.05) is 6.26 Å². The van der Waals surface area contributed by atoms with Crippen LogP contribution in [0, 0.1) is 0 Å². The molecule has 0 radical (unpaired) electrons. The molecule has 0 unspecified atom stereocenters. The average molecular weight is 393 g/mol. The number of halogens is 1. The Bertz CT molecular complexity index is 614. The fraction of sp³-hybridized carbons (Fsp3) is 0.462. The maximum Gasteiger partial charge on any atom is 0.244 e. The zero-order valence-corrected chi connectivity index (χ0v) is 14.9. The number of rotatable bonds is 4. The van der Waals surface area contributed by atoms with E-state index in [1.54, 1.807) is 29.2 Å². The van der Waals surface area contributed by atoms with E-state index in [0.717, 1.165) is 0 Å². The summed E-state index contributed by atoms with van der Waals surface area (Å²) in [6, 6.07) is 6.79. The first kappa shape index (κ1) is 16.8. The monoisotopic (exact) mass is 392 g/mol. The molecule has 2 rings (SSSR count). The van der Waals surface area contributed by atoms with Crippen LogP contribution >= 0.6 is 27.7 Å². The Labute approximate surface area is 137 Å². The number of carbonyl (C=O) groups is 1. The molecular formula is C13H17BrN2O3S2. The predicted molar refractivity (Wildman–Crippen MR) is 87.9 cm³/mol. The van der Waals surface area contributed by atoms with Crippen LogP contribution in [-0.2, 0) is 14.8 Å². The number of hydrogen-bond donors (Lipinski definition) is 0. The molecule has 1 aromatic rings. The summed E-state index contributed by atoms with van der Waals surface area (Å²) in [4.78, 5) is 13.8. The third kappa shape index (κ3) is 3.80. The van der Waals surface area contributed by atoms with Crippen molar-refractivity contribution in [2.75, 3.05) is 38.2 Å². The number of nitrogens with zero attached hydrogens (tertiary/aromatic N) is 2. The highest BCUT2D eigenvalue weighted by Crippen LogP contribution is 2.25. The first-order chi connectivity index (χ1) is 9.96. The molecular weight excluding hydrogens is 376 g/mol. The Balaban J connectivity index is 2.08. The minimum absolute atomic E-state index is 0.0699. The van der Waals surface area contributed by atoms with Crippen LogP contribution in [-0.4, -0.2) is 61.7 Å². The normalized spacial score (nSPS) is 17.0. The van der Waals surface area contributed by atoms with Crippen LogP contribution in [0.3, 0.4) is 0 Å². The minimum Gasteiger partial charge on any atom is -0.339 e. The van der Waals surface area contributed by atoms with Gasteiger partial charge in [0, 0.05) is 30.7 Å². The van der Waals surface area contributed by atoms with Gasteiger partial charge in [-0.15, -0.1) is 0 Å². The van der Waals surface area contributed by atoms with Crippen molar-refractivity contribution in [3.05, 3.63) is 28.7 Å². The molecule has 5 nitrogen and oxygen atoms in total. The first-order valence-corrected chi connectivity index (χ1v) is 10.1. The van der Waals surface area contributed by atoms with Gasteiger partial charge in [0.1, 0.15) is 0 Å². The molecule has 0 spiro atoms. The van der Waals surface area contributed by atoms with Crippen LogP contribution < -0.4 is 0 Å². The third-order valence-electron chi connectivity index (χ3n) is 3.31. The standard InChI is InChI=1S/C13H17BrN2O3S2/c1-20-10-13(17)15-6-8-16(9-7-15)21(18,19)12-5-3-2-4-11(12)14/h2-5H,6-10H2,1H3. The number of sulfonamides is 1. The van der Waals surface area contributed by atoms with Gasteiger partial charge in [-0.05, 0) is 34.3 Å². The molecule has 1 fully saturated rings.